The second-order valence-corrected chi connectivity index (χ2v) is 21.0. The summed E-state index contributed by atoms with van der Waals surface area (Å²) in [7, 11) is -10.6. The van der Waals surface area contributed by atoms with Crippen LogP contribution in [0, 0.1) is 0 Å². The van der Waals surface area contributed by atoms with E-state index in [4.69, 9.17) is 9.47 Å². The molecular weight excluding hydrogens is 827 g/mol. The van der Waals surface area contributed by atoms with Crippen LogP contribution in [0.25, 0.3) is 0 Å². The van der Waals surface area contributed by atoms with Gasteiger partial charge in [-0.25, -0.2) is 25.3 Å². The maximum absolute atomic E-state index is 12.9. The van der Waals surface area contributed by atoms with Crippen molar-refractivity contribution in [1.29, 1.82) is 0 Å². The second kappa shape index (κ2) is 17.2. The number of halogens is 6. The second-order valence-electron chi connectivity index (χ2n) is 13.4. The highest BCUT2D eigenvalue weighted by Crippen LogP contribution is 2.40. The molecule has 4 unspecified atom stereocenters. The number of hydrogen-bond donors (Lipinski definition) is 0. The maximum atomic E-state index is 12.9. The van der Waals surface area contributed by atoms with Crippen LogP contribution in [0.4, 0.5) is 26.3 Å². The van der Waals surface area contributed by atoms with Crippen molar-refractivity contribution in [3.63, 3.8) is 0 Å². The monoisotopic (exact) mass is 864 g/mol. The van der Waals surface area contributed by atoms with Gasteiger partial charge >= 0.3 is 12.4 Å². The van der Waals surface area contributed by atoms with Crippen LogP contribution >= 0.6 is 11.8 Å². The normalized spacial score (nSPS) is 21.1. The molecule has 4 atom stereocenters. The summed E-state index contributed by atoms with van der Waals surface area (Å²) in [6, 6.07) is 21.6. The summed E-state index contributed by atoms with van der Waals surface area (Å²) in [5, 5.41) is -0.777. The number of ether oxygens (including phenoxy) is 2. The predicted octanol–water partition coefficient (Wildman–Crippen LogP) is 8.92. The minimum Gasteiger partial charge on any atom is -0.373 e. The Bertz CT molecular complexity index is 2310. The minimum absolute atomic E-state index is 0.0663. The van der Waals surface area contributed by atoms with Crippen LogP contribution in [0.5, 0.6) is 0 Å². The van der Waals surface area contributed by atoms with Gasteiger partial charge in [0.1, 0.15) is 0 Å². The van der Waals surface area contributed by atoms with Gasteiger partial charge in [-0.3, -0.25) is 0 Å². The lowest BCUT2D eigenvalue weighted by Crippen LogP contribution is -2.31. The highest BCUT2D eigenvalue weighted by atomic mass is 32.2. The van der Waals surface area contributed by atoms with Crippen molar-refractivity contribution in [2.45, 2.75) is 80.3 Å². The Balaban J connectivity index is 0.000000215. The minimum atomic E-state index is -4.63. The average molecular weight is 865 g/mol. The van der Waals surface area contributed by atoms with Crippen LogP contribution in [-0.4, -0.2) is 61.5 Å². The molecule has 18 heteroatoms. The van der Waals surface area contributed by atoms with E-state index in [0.717, 1.165) is 48.8 Å². The Morgan fingerprint density at radius 3 is 1.54 bits per heavy atom. The van der Waals surface area contributed by atoms with E-state index >= 15 is 0 Å². The first-order valence-electron chi connectivity index (χ1n) is 17.1. The third-order valence-electron chi connectivity index (χ3n) is 9.22. The molecule has 8 nitrogen and oxygen atoms in total. The Labute approximate surface area is 326 Å². The molecule has 2 fully saturated rings. The van der Waals surface area contributed by atoms with E-state index in [-0.39, 0.29) is 45.5 Å². The Hall–Kier alpha value is -3.42. The van der Waals surface area contributed by atoms with E-state index < -0.39 is 64.3 Å². The predicted molar refractivity (Wildman–Crippen MR) is 198 cm³/mol. The van der Waals surface area contributed by atoms with Crippen molar-refractivity contribution in [2.75, 3.05) is 25.7 Å². The molecule has 0 spiro atoms. The first kappa shape index (κ1) is 43.7. The molecule has 0 amide bonds. The molecule has 0 aromatic heterocycles. The fraction of sp³-hybridized carbons (Fsp3) is 0.368. The molecule has 6 rings (SSSR count). The van der Waals surface area contributed by atoms with E-state index in [1.165, 1.54) is 36.0 Å². The number of rotatable bonds is 8. The summed E-state index contributed by atoms with van der Waals surface area (Å²) in [6.07, 6.45) is -5.91. The molecule has 0 radical (unpaired) electrons. The lowest BCUT2D eigenvalue weighted by Gasteiger charge is -2.30. The fourth-order valence-corrected chi connectivity index (χ4v) is 10.5. The molecule has 4 aromatic rings. The molecule has 2 saturated heterocycles. The van der Waals surface area contributed by atoms with Crippen molar-refractivity contribution in [3.05, 3.63) is 119 Å². The van der Waals surface area contributed by atoms with E-state index in [2.05, 4.69) is 0 Å². The summed E-state index contributed by atoms with van der Waals surface area (Å²) in [4.78, 5) is 0.593. The summed E-state index contributed by atoms with van der Waals surface area (Å²) in [5.74, 6) is 0. The van der Waals surface area contributed by atoms with Crippen molar-refractivity contribution < 1.29 is 61.1 Å². The van der Waals surface area contributed by atoms with E-state index in [1.807, 2.05) is 0 Å². The van der Waals surface area contributed by atoms with Crippen LogP contribution in [0.1, 0.15) is 60.1 Å². The third kappa shape index (κ3) is 11.4. The van der Waals surface area contributed by atoms with Crippen LogP contribution in [0.3, 0.4) is 0 Å². The standard InChI is InChI=1S/C19H19F3O5S2.C19H19F3O3S2/c1-28(23,24)15-7-5-13(6-8-15)18-12-17(9-10-27-18)29(25,26)16-4-2-3-14(11-16)19(20,21)22;1-27(23,24)17-7-5-13(6-8-17)18-12-16(9-10-25-18)26-15-4-2-3-14(11-15)19(20,21)22/h2-8,11,17-18H,9-10,12H2,1H3;2-8,11,16,18H,9-10,12H2,1H3. The molecule has 0 N–H and O–H groups in total. The van der Waals surface area contributed by atoms with Gasteiger partial charge in [-0.05, 0) is 97.5 Å². The number of benzene rings is 4. The topological polar surface area (TPSA) is 121 Å². The van der Waals surface area contributed by atoms with Gasteiger partial charge < -0.3 is 9.47 Å². The molecule has 4 aromatic carbocycles. The molecule has 2 aliphatic heterocycles. The van der Waals surface area contributed by atoms with Crippen molar-refractivity contribution >= 4 is 41.3 Å². The quantitative estimate of drug-likeness (QED) is 0.160. The van der Waals surface area contributed by atoms with Crippen LogP contribution < -0.4 is 0 Å². The number of hydrogen-bond acceptors (Lipinski definition) is 9. The zero-order valence-electron chi connectivity index (χ0n) is 30.0. The molecule has 0 saturated carbocycles. The zero-order chi connectivity index (χ0) is 41.1. The number of thioether (sulfide) groups is 1. The van der Waals surface area contributed by atoms with Gasteiger partial charge in [0.2, 0.25) is 0 Å². The molecule has 2 aliphatic rings. The molecule has 304 valence electrons. The first-order valence-corrected chi connectivity index (χ1v) is 23.3. The van der Waals surface area contributed by atoms with Gasteiger partial charge in [0, 0.05) is 35.9 Å². The van der Waals surface area contributed by atoms with Crippen molar-refractivity contribution in [1.82, 2.24) is 0 Å². The van der Waals surface area contributed by atoms with Crippen LogP contribution in [-0.2, 0) is 51.3 Å². The largest absolute Gasteiger partial charge is 0.416 e. The van der Waals surface area contributed by atoms with Gasteiger partial charge in [0.25, 0.3) is 0 Å². The summed E-state index contributed by atoms with van der Waals surface area (Å²) >= 11 is 1.42. The smallest absolute Gasteiger partial charge is 0.373 e. The van der Waals surface area contributed by atoms with E-state index in [1.54, 1.807) is 42.5 Å². The summed E-state index contributed by atoms with van der Waals surface area (Å²) < 4.78 is 161. The summed E-state index contributed by atoms with van der Waals surface area (Å²) in [5.41, 5.74) is -0.177. The Morgan fingerprint density at radius 1 is 0.571 bits per heavy atom. The third-order valence-corrected chi connectivity index (χ3v) is 15.0. The lowest BCUT2D eigenvalue weighted by atomic mass is 10.0. The van der Waals surface area contributed by atoms with Crippen LogP contribution in [0.15, 0.2) is 117 Å². The molecule has 0 bridgehead atoms. The average Bonchev–Trinajstić information content (AvgIpc) is 3.14. The zero-order valence-corrected chi connectivity index (χ0v) is 33.2. The highest BCUT2D eigenvalue weighted by Gasteiger charge is 2.37. The van der Waals surface area contributed by atoms with E-state index in [9.17, 15) is 51.6 Å². The van der Waals surface area contributed by atoms with Crippen LogP contribution in [0.2, 0.25) is 0 Å². The van der Waals surface area contributed by atoms with Crippen molar-refractivity contribution in [3.8, 4) is 0 Å². The maximum Gasteiger partial charge on any atom is 0.416 e. The first-order chi connectivity index (χ1) is 26.0. The Kier molecular flexibility index (Phi) is 13.4. The number of alkyl halides is 6. The fourth-order valence-electron chi connectivity index (χ4n) is 6.23. The van der Waals surface area contributed by atoms with Gasteiger partial charge in [-0.1, -0.05) is 36.4 Å². The van der Waals surface area contributed by atoms with E-state index in [0.29, 0.717) is 29.6 Å². The van der Waals surface area contributed by atoms with Gasteiger partial charge in [-0.2, -0.15) is 26.3 Å². The lowest BCUT2D eigenvalue weighted by molar-refractivity contribution is -0.138. The molecule has 2 heterocycles. The summed E-state index contributed by atoms with van der Waals surface area (Å²) in [6.45, 7) is 0.635. The number of sulfone groups is 3. The van der Waals surface area contributed by atoms with Gasteiger partial charge in [0.15, 0.2) is 29.5 Å². The Morgan fingerprint density at radius 2 is 1.04 bits per heavy atom. The molecule has 0 aliphatic carbocycles. The molecule has 56 heavy (non-hydrogen) atoms. The van der Waals surface area contributed by atoms with Gasteiger partial charge in [0.05, 0.1) is 43.3 Å². The molecular formula is C38H38F6O8S4. The van der Waals surface area contributed by atoms with Crippen molar-refractivity contribution in [2.24, 2.45) is 0 Å². The SMILES string of the molecule is CS(=O)(=O)c1ccc(C2CC(S(=O)(=O)c3cccc(C(F)(F)F)c3)CCO2)cc1.CS(=O)(=O)c1ccc(C2CC(Sc3cccc(C(F)(F)F)c3)CCO2)cc1. The highest BCUT2D eigenvalue weighted by molar-refractivity contribution is 8.00. The van der Waals surface area contributed by atoms with Gasteiger partial charge in [-0.15, -0.1) is 11.8 Å².